The van der Waals surface area contributed by atoms with E-state index in [9.17, 15) is 0 Å². The van der Waals surface area contributed by atoms with Gasteiger partial charge < -0.3 is 15.4 Å². The van der Waals surface area contributed by atoms with Crippen LogP contribution >= 0.6 is 0 Å². The van der Waals surface area contributed by atoms with Crippen molar-refractivity contribution in [2.75, 3.05) is 44.7 Å². The quantitative estimate of drug-likeness (QED) is 0.856. The van der Waals surface area contributed by atoms with Gasteiger partial charge in [-0.05, 0) is 24.5 Å². The minimum absolute atomic E-state index is 0.268. The van der Waals surface area contributed by atoms with Crippen LogP contribution in [-0.2, 0) is 0 Å². The van der Waals surface area contributed by atoms with Crippen molar-refractivity contribution in [2.24, 2.45) is 11.7 Å². The van der Waals surface area contributed by atoms with E-state index < -0.39 is 0 Å². The van der Waals surface area contributed by atoms with Gasteiger partial charge in [-0.2, -0.15) is 0 Å². The molecule has 2 N–H and O–H groups in total. The summed E-state index contributed by atoms with van der Waals surface area (Å²) in [7, 11) is 1.74. The molecule has 2 atom stereocenters. The van der Waals surface area contributed by atoms with Gasteiger partial charge >= 0.3 is 0 Å². The summed E-state index contributed by atoms with van der Waals surface area (Å²) in [4.78, 5) is 4.98. The molecule has 1 aromatic rings. The molecule has 114 valence electrons. The molecule has 4 nitrogen and oxygen atoms in total. The third-order valence-corrected chi connectivity index (χ3v) is 4.50. The Bertz CT molecular complexity index is 495. The molecular formula is C17H25N3O. The first-order valence-electron chi connectivity index (χ1n) is 7.80. The van der Waals surface area contributed by atoms with Crippen molar-refractivity contribution in [3.8, 4) is 5.75 Å². The predicted molar refractivity (Wildman–Crippen MR) is 86.9 cm³/mol. The summed E-state index contributed by atoms with van der Waals surface area (Å²) in [5.74, 6) is 1.61. The third kappa shape index (κ3) is 3.39. The molecule has 21 heavy (non-hydrogen) atoms. The van der Waals surface area contributed by atoms with E-state index in [0.29, 0.717) is 5.92 Å². The number of para-hydroxylation sites is 2. The van der Waals surface area contributed by atoms with Gasteiger partial charge in [0.05, 0.1) is 12.8 Å². The Hall–Kier alpha value is -1.52. The van der Waals surface area contributed by atoms with Gasteiger partial charge in [-0.3, -0.25) is 4.90 Å². The Labute approximate surface area is 127 Å². The van der Waals surface area contributed by atoms with E-state index in [1.807, 2.05) is 12.1 Å². The summed E-state index contributed by atoms with van der Waals surface area (Å²) in [6.07, 6.45) is 5.54. The number of nitrogens with zero attached hydrogens (tertiary/aromatic N) is 2. The molecule has 1 aromatic carbocycles. The number of rotatable bonds is 4. The van der Waals surface area contributed by atoms with Crippen LogP contribution in [0.4, 0.5) is 5.69 Å². The lowest BCUT2D eigenvalue weighted by Crippen LogP contribution is -2.47. The molecule has 0 saturated carbocycles. The van der Waals surface area contributed by atoms with E-state index in [2.05, 4.69) is 34.1 Å². The fourth-order valence-electron chi connectivity index (χ4n) is 3.34. The zero-order valence-corrected chi connectivity index (χ0v) is 12.7. The number of piperazine rings is 1. The molecule has 1 aliphatic carbocycles. The van der Waals surface area contributed by atoms with E-state index in [1.54, 1.807) is 7.11 Å². The summed E-state index contributed by atoms with van der Waals surface area (Å²) < 4.78 is 5.47. The topological polar surface area (TPSA) is 41.7 Å². The van der Waals surface area contributed by atoms with Crippen LogP contribution in [-0.4, -0.2) is 50.8 Å². The lowest BCUT2D eigenvalue weighted by molar-refractivity contribution is 0.231. The Morgan fingerprint density at radius 2 is 1.90 bits per heavy atom. The fraction of sp³-hybridized carbons (Fsp3) is 0.529. The average molecular weight is 287 g/mol. The standard InChI is InChI=1S/C17H25N3O/c1-21-17-5-3-2-4-16(17)20-10-8-19(9-11-20)13-14-6-7-15(18)12-14/h2-7,14-15H,8-13,18H2,1H3. The highest BCUT2D eigenvalue weighted by atomic mass is 16.5. The monoisotopic (exact) mass is 287 g/mol. The lowest BCUT2D eigenvalue weighted by Gasteiger charge is -2.37. The molecule has 0 radical (unpaired) electrons. The first-order chi connectivity index (χ1) is 10.3. The van der Waals surface area contributed by atoms with E-state index >= 15 is 0 Å². The second-order valence-electron chi connectivity index (χ2n) is 6.00. The largest absolute Gasteiger partial charge is 0.495 e. The van der Waals surface area contributed by atoms with Crippen molar-refractivity contribution in [2.45, 2.75) is 12.5 Å². The van der Waals surface area contributed by atoms with Crippen LogP contribution in [0.3, 0.4) is 0 Å². The zero-order chi connectivity index (χ0) is 14.7. The molecule has 1 aliphatic heterocycles. The highest BCUT2D eigenvalue weighted by Gasteiger charge is 2.23. The number of nitrogens with two attached hydrogens (primary N) is 1. The smallest absolute Gasteiger partial charge is 0.142 e. The van der Waals surface area contributed by atoms with Crippen molar-refractivity contribution >= 4 is 5.69 Å². The van der Waals surface area contributed by atoms with Gasteiger partial charge in [-0.1, -0.05) is 24.3 Å². The maximum Gasteiger partial charge on any atom is 0.142 e. The van der Waals surface area contributed by atoms with E-state index in [1.165, 1.54) is 5.69 Å². The van der Waals surface area contributed by atoms with Crippen molar-refractivity contribution in [1.82, 2.24) is 4.90 Å². The van der Waals surface area contributed by atoms with Gasteiger partial charge in [0.2, 0.25) is 0 Å². The molecule has 1 saturated heterocycles. The number of ether oxygens (including phenoxy) is 1. The van der Waals surface area contributed by atoms with Gasteiger partial charge in [0, 0.05) is 38.8 Å². The van der Waals surface area contributed by atoms with Crippen LogP contribution in [0.15, 0.2) is 36.4 Å². The molecule has 0 aromatic heterocycles. The summed E-state index contributed by atoms with van der Waals surface area (Å²) in [5, 5.41) is 0. The highest BCUT2D eigenvalue weighted by Crippen LogP contribution is 2.28. The van der Waals surface area contributed by atoms with Gasteiger partial charge in [0.25, 0.3) is 0 Å². The van der Waals surface area contributed by atoms with Crippen LogP contribution in [0.1, 0.15) is 6.42 Å². The zero-order valence-electron chi connectivity index (χ0n) is 12.7. The Kier molecular flexibility index (Phi) is 4.46. The molecule has 3 rings (SSSR count). The lowest BCUT2D eigenvalue weighted by atomic mass is 10.1. The van der Waals surface area contributed by atoms with Crippen LogP contribution < -0.4 is 15.4 Å². The second-order valence-corrected chi connectivity index (χ2v) is 6.00. The van der Waals surface area contributed by atoms with Crippen molar-refractivity contribution in [3.63, 3.8) is 0 Å². The van der Waals surface area contributed by atoms with Crippen LogP contribution in [0.5, 0.6) is 5.75 Å². The number of methoxy groups -OCH3 is 1. The summed E-state index contributed by atoms with van der Waals surface area (Å²) in [6, 6.07) is 8.55. The van der Waals surface area contributed by atoms with Crippen LogP contribution in [0.25, 0.3) is 0 Å². The molecule has 1 heterocycles. The molecule has 2 unspecified atom stereocenters. The predicted octanol–water partition coefficient (Wildman–Crippen LogP) is 1.72. The van der Waals surface area contributed by atoms with Gasteiger partial charge in [0.1, 0.15) is 5.75 Å². The van der Waals surface area contributed by atoms with E-state index in [4.69, 9.17) is 10.5 Å². The SMILES string of the molecule is COc1ccccc1N1CCN(CC2C=CC(N)C2)CC1. The molecule has 0 bridgehead atoms. The maximum atomic E-state index is 5.93. The van der Waals surface area contributed by atoms with E-state index in [-0.39, 0.29) is 6.04 Å². The Morgan fingerprint density at radius 3 is 2.57 bits per heavy atom. The van der Waals surface area contributed by atoms with Crippen molar-refractivity contribution in [3.05, 3.63) is 36.4 Å². The number of anilines is 1. The first-order valence-corrected chi connectivity index (χ1v) is 7.80. The maximum absolute atomic E-state index is 5.93. The van der Waals surface area contributed by atoms with Crippen LogP contribution in [0, 0.1) is 5.92 Å². The molecule has 4 heteroatoms. The Morgan fingerprint density at radius 1 is 1.14 bits per heavy atom. The molecule has 2 aliphatic rings. The Balaban J connectivity index is 1.54. The molecule has 1 fully saturated rings. The molecular weight excluding hydrogens is 262 g/mol. The number of hydrogen-bond donors (Lipinski definition) is 1. The second kappa shape index (κ2) is 6.50. The van der Waals surface area contributed by atoms with Gasteiger partial charge in [-0.15, -0.1) is 0 Å². The summed E-state index contributed by atoms with van der Waals surface area (Å²) >= 11 is 0. The van der Waals surface area contributed by atoms with Gasteiger partial charge in [0.15, 0.2) is 0 Å². The van der Waals surface area contributed by atoms with Gasteiger partial charge in [-0.25, -0.2) is 0 Å². The van der Waals surface area contributed by atoms with Crippen molar-refractivity contribution < 1.29 is 4.74 Å². The number of hydrogen-bond acceptors (Lipinski definition) is 4. The van der Waals surface area contributed by atoms with Crippen molar-refractivity contribution in [1.29, 1.82) is 0 Å². The highest BCUT2D eigenvalue weighted by molar-refractivity contribution is 5.58. The minimum atomic E-state index is 0.268. The third-order valence-electron chi connectivity index (χ3n) is 4.50. The fourth-order valence-corrected chi connectivity index (χ4v) is 3.34. The summed E-state index contributed by atoms with van der Waals surface area (Å²) in [5.41, 5.74) is 7.14. The first kappa shape index (κ1) is 14.4. The normalized spacial score (nSPS) is 26.3. The number of benzene rings is 1. The summed E-state index contributed by atoms with van der Waals surface area (Å²) in [6.45, 7) is 5.48. The van der Waals surface area contributed by atoms with Crippen LogP contribution in [0.2, 0.25) is 0 Å². The minimum Gasteiger partial charge on any atom is -0.495 e. The average Bonchev–Trinajstić information content (AvgIpc) is 2.93. The molecule has 0 spiro atoms. The van der Waals surface area contributed by atoms with E-state index in [0.717, 1.165) is 44.9 Å². The molecule has 0 amide bonds.